The third-order valence-corrected chi connectivity index (χ3v) is 3.86. The summed E-state index contributed by atoms with van der Waals surface area (Å²) in [5.41, 5.74) is 1.16. The first-order chi connectivity index (χ1) is 10.6. The number of halogens is 1. The molecule has 1 N–H and O–H groups in total. The number of aliphatic imine (C=N–C) groups is 1. The number of hydrogen-bond acceptors (Lipinski definition) is 4. The van der Waals surface area contributed by atoms with E-state index in [0.717, 1.165) is 43.5 Å². The first kappa shape index (κ1) is 20.0. The summed E-state index contributed by atoms with van der Waals surface area (Å²) in [6, 6.07) is 4.06. The second-order valence-electron chi connectivity index (χ2n) is 5.89. The van der Waals surface area contributed by atoms with Crippen LogP contribution in [-0.4, -0.2) is 63.8 Å². The van der Waals surface area contributed by atoms with Gasteiger partial charge in [0.1, 0.15) is 5.82 Å². The standard InChI is InChI=1S/C16H27N5O.HI/c1-17-16(21(4)11-13-7-9-22-12-13)19-10-14-6-5-8-18-15(14)20(2)3;/h5-6,8,13H,7,9-12H2,1-4H3,(H,17,19);1H. The molecule has 1 unspecified atom stereocenters. The van der Waals surface area contributed by atoms with E-state index in [2.05, 4.69) is 33.3 Å². The predicted molar refractivity (Wildman–Crippen MR) is 106 cm³/mol. The Morgan fingerprint density at radius 3 is 2.83 bits per heavy atom. The van der Waals surface area contributed by atoms with Crippen molar-refractivity contribution >= 4 is 35.8 Å². The molecular formula is C16H28IN5O. The summed E-state index contributed by atoms with van der Waals surface area (Å²) in [6.07, 6.45) is 2.95. The van der Waals surface area contributed by atoms with E-state index >= 15 is 0 Å². The number of anilines is 1. The van der Waals surface area contributed by atoms with E-state index in [0.29, 0.717) is 12.5 Å². The molecule has 2 heterocycles. The molecule has 0 bridgehead atoms. The van der Waals surface area contributed by atoms with Crippen LogP contribution < -0.4 is 10.2 Å². The molecule has 1 saturated heterocycles. The van der Waals surface area contributed by atoms with Gasteiger partial charge in [-0.25, -0.2) is 4.98 Å². The van der Waals surface area contributed by atoms with Gasteiger partial charge >= 0.3 is 0 Å². The minimum atomic E-state index is 0. The van der Waals surface area contributed by atoms with Crippen LogP contribution in [0.5, 0.6) is 0 Å². The van der Waals surface area contributed by atoms with Gasteiger partial charge in [0.15, 0.2) is 5.96 Å². The molecule has 2 rings (SSSR count). The van der Waals surface area contributed by atoms with Crippen LogP contribution in [0, 0.1) is 5.92 Å². The van der Waals surface area contributed by atoms with Crippen molar-refractivity contribution in [2.45, 2.75) is 13.0 Å². The lowest BCUT2D eigenvalue weighted by Gasteiger charge is -2.25. The highest BCUT2D eigenvalue weighted by Crippen LogP contribution is 2.15. The van der Waals surface area contributed by atoms with Crippen molar-refractivity contribution in [3.05, 3.63) is 23.9 Å². The molecule has 0 aliphatic carbocycles. The number of hydrogen-bond donors (Lipinski definition) is 1. The Hall–Kier alpha value is -1.09. The lowest BCUT2D eigenvalue weighted by Crippen LogP contribution is -2.41. The Morgan fingerprint density at radius 2 is 2.22 bits per heavy atom. The van der Waals surface area contributed by atoms with E-state index in [4.69, 9.17) is 4.74 Å². The van der Waals surface area contributed by atoms with Crippen molar-refractivity contribution in [3.8, 4) is 0 Å². The second-order valence-corrected chi connectivity index (χ2v) is 5.89. The summed E-state index contributed by atoms with van der Waals surface area (Å²) in [4.78, 5) is 13.0. The van der Waals surface area contributed by atoms with Crippen molar-refractivity contribution in [2.24, 2.45) is 10.9 Å². The van der Waals surface area contributed by atoms with E-state index < -0.39 is 0 Å². The van der Waals surface area contributed by atoms with E-state index in [1.807, 2.05) is 38.3 Å². The molecule has 6 nitrogen and oxygen atoms in total. The quantitative estimate of drug-likeness (QED) is 0.436. The lowest BCUT2D eigenvalue weighted by atomic mass is 10.1. The highest BCUT2D eigenvalue weighted by atomic mass is 127. The molecule has 23 heavy (non-hydrogen) atoms. The summed E-state index contributed by atoms with van der Waals surface area (Å²) >= 11 is 0. The van der Waals surface area contributed by atoms with Crippen molar-refractivity contribution < 1.29 is 4.74 Å². The van der Waals surface area contributed by atoms with Crippen LogP contribution in [0.15, 0.2) is 23.3 Å². The molecule has 1 aromatic rings. The number of guanidine groups is 1. The fourth-order valence-electron chi connectivity index (χ4n) is 2.73. The van der Waals surface area contributed by atoms with Crippen LogP contribution in [0.2, 0.25) is 0 Å². The Labute approximate surface area is 156 Å². The topological polar surface area (TPSA) is 53.0 Å². The number of ether oxygens (including phenoxy) is 1. The van der Waals surface area contributed by atoms with Gasteiger partial charge < -0.3 is 19.9 Å². The van der Waals surface area contributed by atoms with Crippen LogP contribution in [-0.2, 0) is 11.3 Å². The van der Waals surface area contributed by atoms with Crippen LogP contribution in [0.25, 0.3) is 0 Å². The number of nitrogens with one attached hydrogen (secondary N) is 1. The van der Waals surface area contributed by atoms with Gasteiger partial charge in [-0.1, -0.05) is 6.07 Å². The van der Waals surface area contributed by atoms with Crippen molar-refractivity contribution in [2.75, 3.05) is 52.8 Å². The molecule has 1 aliphatic heterocycles. The van der Waals surface area contributed by atoms with Crippen molar-refractivity contribution in [3.63, 3.8) is 0 Å². The zero-order valence-corrected chi connectivity index (χ0v) is 16.8. The molecule has 0 radical (unpaired) electrons. The van der Waals surface area contributed by atoms with Gasteiger partial charge in [-0.3, -0.25) is 4.99 Å². The first-order valence-corrected chi connectivity index (χ1v) is 7.72. The Balaban J connectivity index is 0.00000264. The second kappa shape index (κ2) is 9.92. The molecule has 1 aromatic heterocycles. The van der Waals surface area contributed by atoms with Crippen LogP contribution in [0.3, 0.4) is 0 Å². The number of rotatable bonds is 5. The van der Waals surface area contributed by atoms with Crippen LogP contribution >= 0.6 is 24.0 Å². The molecule has 1 aliphatic rings. The first-order valence-electron chi connectivity index (χ1n) is 7.72. The van der Waals surface area contributed by atoms with Gasteiger partial charge in [0, 0.05) is 65.6 Å². The maximum atomic E-state index is 5.44. The van der Waals surface area contributed by atoms with Crippen LogP contribution in [0.4, 0.5) is 5.82 Å². The maximum Gasteiger partial charge on any atom is 0.193 e. The normalized spacial score (nSPS) is 17.6. The summed E-state index contributed by atoms with van der Waals surface area (Å²) in [6.45, 7) is 3.41. The fraction of sp³-hybridized carbons (Fsp3) is 0.625. The minimum absolute atomic E-state index is 0. The smallest absolute Gasteiger partial charge is 0.193 e. The third-order valence-electron chi connectivity index (χ3n) is 3.86. The largest absolute Gasteiger partial charge is 0.381 e. The number of pyridine rings is 1. The monoisotopic (exact) mass is 433 g/mol. The van der Waals surface area contributed by atoms with Gasteiger partial charge in [0.2, 0.25) is 0 Å². The van der Waals surface area contributed by atoms with E-state index in [1.165, 1.54) is 0 Å². The van der Waals surface area contributed by atoms with Gasteiger partial charge in [0.25, 0.3) is 0 Å². The molecule has 1 fully saturated rings. The maximum absolute atomic E-state index is 5.44. The number of aromatic nitrogens is 1. The van der Waals surface area contributed by atoms with Gasteiger partial charge in [-0.05, 0) is 12.5 Å². The molecule has 130 valence electrons. The highest BCUT2D eigenvalue weighted by molar-refractivity contribution is 14.0. The minimum Gasteiger partial charge on any atom is -0.381 e. The zero-order valence-electron chi connectivity index (χ0n) is 14.5. The summed E-state index contributed by atoms with van der Waals surface area (Å²) in [5, 5.41) is 3.42. The molecule has 7 heteroatoms. The van der Waals surface area contributed by atoms with Gasteiger partial charge in [-0.2, -0.15) is 0 Å². The SMILES string of the molecule is CN=C(NCc1cccnc1N(C)C)N(C)CC1CCOC1.I. The average Bonchev–Trinajstić information content (AvgIpc) is 3.01. The van der Waals surface area contributed by atoms with Gasteiger partial charge in [0.05, 0.1) is 6.61 Å². The number of nitrogens with zero attached hydrogens (tertiary/aromatic N) is 4. The molecule has 0 aromatic carbocycles. The average molecular weight is 433 g/mol. The summed E-state index contributed by atoms with van der Waals surface area (Å²) < 4.78 is 5.44. The molecule has 0 spiro atoms. The Morgan fingerprint density at radius 1 is 1.43 bits per heavy atom. The van der Waals surface area contributed by atoms with Crippen LogP contribution in [0.1, 0.15) is 12.0 Å². The summed E-state index contributed by atoms with van der Waals surface area (Å²) in [7, 11) is 7.91. The molecule has 0 saturated carbocycles. The molecular weight excluding hydrogens is 405 g/mol. The molecule has 1 atom stereocenters. The van der Waals surface area contributed by atoms with Crippen molar-refractivity contribution in [1.82, 2.24) is 15.2 Å². The van der Waals surface area contributed by atoms with E-state index in [9.17, 15) is 0 Å². The zero-order chi connectivity index (χ0) is 15.9. The van der Waals surface area contributed by atoms with E-state index in [-0.39, 0.29) is 24.0 Å². The fourth-order valence-corrected chi connectivity index (χ4v) is 2.73. The summed E-state index contributed by atoms with van der Waals surface area (Å²) in [5.74, 6) is 2.48. The predicted octanol–water partition coefficient (Wildman–Crippen LogP) is 1.81. The Bertz CT molecular complexity index is 503. The van der Waals surface area contributed by atoms with Crippen molar-refractivity contribution in [1.29, 1.82) is 0 Å². The van der Waals surface area contributed by atoms with Gasteiger partial charge in [-0.15, -0.1) is 24.0 Å². The molecule has 0 amide bonds. The highest BCUT2D eigenvalue weighted by Gasteiger charge is 2.19. The third kappa shape index (κ3) is 5.80. The lowest BCUT2D eigenvalue weighted by molar-refractivity contribution is 0.181. The van der Waals surface area contributed by atoms with E-state index in [1.54, 1.807) is 0 Å². The Kier molecular flexibility index (Phi) is 8.60.